The van der Waals surface area contributed by atoms with Crippen LogP contribution in [-0.4, -0.2) is 24.7 Å². The van der Waals surface area contributed by atoms with Crippen molar-refractivity contribution >= 4 is 24.1 Å². The van der Waals surface area contributed by atoms with Crippen LogP contribution in [0.15, 0.2) is 60.0 Å². The summed E-state index contributed by atoms with van der Waals surface area (Å²) in [6.45, 7) is 3.73. The SMILES string of the molecule is CCCC(=O)OC1=Cc2cc(F)c(-c3ccc(OC(F)(F)F)c(F)c3)c(F)c2CC1.CCCCC(=O)OC1=Cc2cc(F)c(-c3ccc(OC(F)(F)F)c(F)c3)c(F)c2CC1. The summed E-state index contributed by atoms with van der Waals surface area (Å²) in [5.41, 5.74) is -1.04. The minimum absolute atomic E-state index is 0.109. The Kier molecular flexibility index (Phi) is 14.5. The Morgan fingerprint density at radius 3 is 1.31 bits per heavy atom. The number of alkyl halides is 6. The number of halogens is 12. The van der Waals surface area contributed by atoms with Crippen LogP contribution in [0.3, 0.4) is 0 Å². The van der Waals surface area contributed by atoms with E-state index in [1.54, 1.807) is 0 Å². The lowest BCUT2D eigenvalue weighted by Gasteiger charge is -2.19. The molecule has 0 saturated carbocycles. The molecule has 6 nitrogen and oxygen atoms in total. The zero-order valence-electron chi connectivity index (χ0n) is 32.1. The molecule has 0 heterocycles. The average molecular weight is 875 g/mol. The van der Waals surface area contributed by atoms with Gasteiger partial charge >= 0.3 is 24.7 Å². The van der Waals surface area contributed by atoms with E-state index >= 15 is 8.78 Å². The minimum atomic E-state index is -5.10. The fraction of sp³-hybridized carbons (Fsp3) is 0.302. The highest BCUT2D eigenvalue weighted by Crippen LogP contribution is 2.39. The molecule has 0 radical (unpaired) electrons. The largest absolute Gasteiger partial charge is 0.573 e. The van der Waals surface area contributed by atoms with E-state index in [2.05, 4.69) is 9.47 Å². The zero-order valence-corrected chi connectivity index (χ0v) is 32.1. The fourth-order valence-corrected chi connectivity index (χ4v) is 6.45. The number of allylic oxidation sites excluding steroid dienone is 2. The number of esters is 2. The summed E-state index contributed by atoms with van der Waals surface area (Å²) in [4.78, 5) is 23.4. The van der Waals surface area contributed by atoms with E-state index in [1.807, 2.05) is 13.8 Å². The quantitative estimate of drug-likeness (QED) is 0.110. The fourth-order valence-electron chi connectivity index (χ4n) is 6.45. The predicted octanol–water partition coefficient (Wildman–Crippen LogP) is 13.0. The first-order valence-corrected chi connectivity index (χ1v) is 18.6. The summed E-state index contributed by atoms with van der Waals surface area (Å²) in [6.07, 6.45) is -4.30. The molecule has 0 aromatic heterocycles. The second-order valence-corrected chi connectivity index (χ2v) is 13.6. The van der Waals surface area contributed by atoms with E-state index in [9.17, 15) is 53.5 Å². The highest BCUT2D eigenvalue weighted by molar-refractivity contribution is 5.76. The van der Waals surface area contributed by atoms with Crippen LogP contribution in [0.2, 0.25) is 0 Å². The first-order chi connectivity index (χ1) is 28.7. The molecule has 0 unspecified atom stereocenters. The van der Waals surface area contributed by atoms with Crippen LogP contribution in [0, 0.1) is 34.9 Å². The van der Waals surface area contributed by atoms with E-state index in [1.165, 1.54) is 12.2 Å². The van der Waals surface area contributed by atoms with Gasteiger partial charge < -0.3 is 18.9 Å². The number of carbonyl (C=O) groups is 2. The number of carbonyl (C=O) groups excluding carboxylic acids is 2. The van der Waals surface area contributed by atoms with Gasteiger partial charge in [-0.05, 0) is 108 Å². The molecule has 0 aliphatic heterocycles. The topological polar surface area (TPSA) is 71.1 Å². The molecular formula is C43H34F12O6. The van der Waals surface area contributed by atoms with Crippen LogP contribution in [0.4, 0.5) is 52.7 Å². The van der Waals surface area contributed by atoms with E-state index < -0.39 is 82.2 Å². The van der Waals surface area contributed by atoms with Crippen LogP contribution >= 0.6 is 0 Å². The molecule has 326 valence electrons. The Bertz CT molecular complexity index is 2370. The number of unbranched alkanes of at least 4 members (excludes halogenated alkanes) is 1. The lowest BCUT2D eigenvalue weighted by molar-refractivity contribution is -0.276. The normalized spacial score (nSPS) is 13.5. The summed E-state index contributed by atoms with van der Waals surface area (Å²) in [7, 11) is 0. The molecule has 2 aliphatic carbocycles. The van der Waals surface area contributed by atoms with Gasteiger partial charge in [0.15, 0.2) is 23.1 Å². The number of hydrogen-bond acceptors (Lipinski definition) is 6. The zero-order chi connectivity index (χ0) is 44.8. The molecule has 0 spiro atoms. The summed E-state index contributed by atoms with van der Waals surface area (Å²) in [6, 6.07) is 6.38. The van der Waals surface area contributed by atoms with Crippen molar-refractivity contribution < 1.29 is 81.2 Å². The van der Waals surface area contributed by atoms with Gasteiger partial charge in [-0.15, -0.1) is 26.3 Å². The maximum absolute atomic E-state index is 15.0. The first-order valence-electron chi connectivity index (χ1n) is 18.6. The standard InChI is InChI=1S/C22H18F6O3.C21H16F6O3/c1-2-3-4-19(29)30-14-6-7-15-13(9-14)11-17(24)20(21(15)25)12-5-8-18(16(23)10-12)31-22(26,27)28;1-2-3-18(28)29-13-5-6-14-12(8-13)10-16(23)19(20(14)24)11-4-7-17(15(22)9-11)30-21(25,26)27/h5,8-11H,2-4,6-7H2,1H3;4,7-10H,2-3,5-6H2,1H3. The van der Waals surface area contributed by atoms with Gasteiger partial charge in [0.05, 0.1) is 11.1 Å². The lowest BCUT2D eigenvalue weighted by atomic mass is 9.91. The second-order valence-electron chi connectivity index (χ2n) is 13.6. The van der Waals surface area contributed by atoms with Crippen molar-refractivity contribution in [2.75, 3.05) is 0 Å². The van der Waals surface area contributed by atoms with Crippen LogP contribution in [0.1, 0.15) is 81.0 Å². The molecular weight excluding hydrogens is 840 g/mol. The maximum atomic E-state index is 15.0. The van der Waals surface area contributed by atoms with Crippen molar-refractivity contribution in [3.63, 3.8) is 0 Å². The lowest BCUT2D eigenvalue weighted by Crippen LogP contribution is -2.18. The van der Waals surface area contributed by atoms with E-state index in [4.69, 9.17) is 9.47 Å². The van der Waals surface area contributed by atoms with Gasteiger partial charge in [0.25, 0.3) is 0 Å². The monoisotopic (exact) mass is 874 g/mol. The Morgan fingerprint density at radius 1 is 0.541 bits per heavy atom. The number of hydrogen-bond donors (Lipinski definition) is 0. The molecule has 2 aliphatic rings. The molecule has 0 N–H and O–H groups in total. The second kappa shape index (κ2) is 19.2. The molecule has 61 heavy (non-hydrogen) atoms. The van der Waals surface area contributed by atoms with Gasteiger partial charge in [-0.25, -0.2) is 26.3 Å². The van der Waals surface area contributed by atoms with Gasteiger partial charge in [-0.3, -0.25) is 9.59 Å². The van der Waals surface area contributed by atoms with Crippen LogP contribution < -0.4 is 9.47 Å². The predicted molar refractivity (Wildman–Crippen MR) is 196 cm³/mol. The Hall–Kier alpha value is -5.94. The third kappa shape index (κ3) is 11.9. The number of fused-ring (bicyclic) bond motifs is 2. The molecule has 0 fully saturated rings. The van der Waals surface area contributed by atoms with Crippen LogP contribution in [0.5, 0.6) is 11.5 Å². The average Bonchev–Trinajstić information content (AvgIpc) is 3.15. The molecule has 0 saturated heterocycles. The maximum Gasteiger partial charge on any atom is 0.573 e. The van der Waals surface area contributed by atoms with Crippen molar-refractivity contribution in [1.29, 1.82) is 0 Å². The summed E-state index contributed by atoms with van der Waals surface area (Å²) in [5, 5.41) is 0. The van der Waals surface area contributed by atoms with Crippen molar-refractivity contribution in [3.8, 4) is 33.8 Å². The van der Waals surface area contributed by atoms with Crippen molar-refractivity contribution in [1.82, 2.24) is 0 Å². The van der Waals surface area contributed by atoms with Crippen molar-refractivity contribution in [2.24, 2.45) is 0 Å². The van der Waals surface area contributed by atoms with E-state index in [-0.39, 0.29) is 77.7 Å². The van der Waals surface area contributed by atoms with Crippen LogP contribution in [-0.2, 0) is 31.9 Å². The van der Waals surface area contributed by atoms with E-state index in [0.29, 0.717) is 42.9 Å². The van der Waals surface area contributed by atoms with Crippen molar-refractivity contribution in [2.45, 2.75) is 84.4 Å². The Labute approximate surface area is 340 Å². The number of benzene rings is 4. The Morgan fingerprint density at radius 2 is 0.951 bits per heavy atom. The third-order valence-electron chi connectivity index (χ3n) is 9.15. The summed E-state index contributed by atoms with van der Waals surface area (Å²) < 4.78 is 178. The highest BCUT2D eigenvalue weighted by Gasteiger charge is 2.34. The van der Waals surface area contributed by atoms with Gasteiger partial charge in [0.2, 0.25) is 0 Å². The molecule has 0 bridgehead atoms. The number of ether oxygens (including phenoxy) is 4. The van der Waals surface area contributed by atoms with Gasteiger partial charge in [0, 0.05) is 25.7 Å². The smallest absolute Gasteiger partial charge is 0.431 e. The highest BCUT2D eigenvalue weighted by atomic mass is 19.4. The van der Waals surface area contributed by atoms with Gasteiger partial charge in [-0.1, -0.05) is 32.4 Å². The molecule has 0 atom stereocenters. The first kappa shape index (κ1) is 46.1. The van der Waals surface area contributed by atoms with Crippen LogP contribution in [0.25, 0.3) is 34.4 Å². The van der Waals surface area contributed by atoms with E-state index in [0.717, 1.165) is 30.7 Å². The Balaban J connectivity index is 0.000000231. The summed E-state index contributed by atoms with van der Waals surface area (Å²) in [5.74, 6) is -9.30. The molecule has 4 aromatic rings. The molecule has 0 amide bonds. The number of rotatable bonds is 11. The minimum Gasteiger partial charge on any atom is -0.431 e. The molecule has 6 rings (SSSR count). The van der Waals surface area contributed by atoms with Gasteiger partial charge in [-0.2, -0.15) is 0 Å². The summed E-state index contributed by atoms with van der Waals surface area (Å²) >= 11 is 0. The van der Waals surface area contributed by atoms with Gasteiger partial charge in [0.1, 0.15) is 34.8 Å². The third-order valence-corrected chi connectivity index (χ3v) is 9.15. The molecule has 18 heteroatoms. The van der Waals surface area contributed by atoms with Crippen molar-refractivity contribution in [3.05, 3.63) is 117 Å². The molecule has 4 aromatic carbocycles.